The number of hydrogen-bond acceptors (Lipinski definition) is 4. The number of halogens is 2. The lowest BCUT2D eigenvalue weighted by Gasteiger charge is -2.07. The van der Waals surface area contributed by atoms with Crippen LogP contribution >= 0.6 is 34.5 Å². The standard InChI is InChI=1S/C13H11Cl2N3OS/c1-16-7-10-12(17-13-18(10)4-5-20-13)19-11-3-2-8(14)6-9(11)15/h2-6,16H,7H2,1H3. The molecule has 0 radical (unpaired) electrons. The van der Waals surface area contributed by atoms with Gasteiger partial charge in [0.25, 0.3) is 0 Å². The van der Waals surface area contributed by atoms with Crippen molar-refractivity contribution < 1.29 is 4.74 Å². The molecule has 7 heteroatoms. The van der Waals surface area contributed by atoms with Gasteiger partial charge < -0.3 is 10.1 Å². The molecule has 0 bridgehead atoms. The summed E-state index contributed by atoms with van der Waals surface area (Å²) < 4.78 is 7.84. The quantitative estimate of drug-likeness (QED) is 0.779. The minimum absolute atomic E-state index is 0.462. The molecule has 1 N–H and O–H groups in total. The molecule has 0 unspecified atom stereocenters. The maximum atomic E-state index is 6.12. The maximum absolute atomic E-state index is 6.12. The second kappa shape index (κ2) is 5.61. The number of ether oxygens (including phenoxy) is 1. The van der Waals surface area contributed by atoms with Crippen molar-refractivity contribution in [1.29, 1.82) is 0 Å². The van der Waals surface area contributed by atoms with Crippen LogP contribution < -0.4 is 10.1 Å². The number of nitrogens with zero attached hydrogens (tertiary/aromatic N) is 2. The Hall–Kier alpha value is -1.27. The zero-order valence-electron chi connectivity index (χ0n) is 10.6. The van der Waals surface area contributed by atoms with Gasteiger partial charge in [0.2, 0.25) is 5.88 Å². The van der Waals surface area contributed by atoms with E-state index in [2.05, 4.69) is 10.3 Å². The SMILES string of the molecule is CNCc1c(Oc2ccc(Cl)cc2Cl)nc2sccn12. The fourth-order valence-corrected chi connectivity index (χ4v) is 3.06. The smallest absolute Gasteiger partial charge is 0.243 e. The number of aromatic nitrogens is 2. The minimum Gasteiger partial charge on any atom is -0.436 e. The highest BCUT2D eigenvalue weighted by Crippen LogP contribution is 2.33. The first-order valence-electron chi connectivity index (χ1n) is 5.91. The summed E-state index contributed by atoms with van der Waals surface area (Å²) in [5.41, 5.74) is 0.953. The van der Waals surface area contributed by atoms with Crippen molar-refractivity contribution in [2.75, 3.05) is 7.05 Å². The first kappa shape index (κ1) is 13.7. The topological polar surface area (TPSA) is 38.6 Å². The van der Waals surface area contributed by atoms with Crippen LogP contribution in [0.2, 0.25) is 10.0 Å². The van der Waals surface area contributed by atoms with Gasteiger partial charge in [0, 0.05) is 23.1 Å². The molecule has 0 atom stereocenters. The molecule has 20 heavy (non-hydrogen) atoms. The molecule has 0 fully saturated rings. The largest absolute Gasteiger partial charge is 0.436 e. The summed E-state index contributed by atoms with van der Waals surface area (Å²) in [6.45, 7) is 0.651. The highest BCUT2D eigenvalue weighted by Gasteiger charge is 2.15. The van der Waals surface area contributed by atoms with Crippen molar-refractivity contribution in [3.05, 3.63) is 45.5 Å². The van der Waals surface area contributed by atoms with Gasteiger partial charge in [-0.1, -0.05) is 23.2 Å². The van der Waals surface area contributed by atoms with Crippen LogP contribution in [0.3, 0.4) is 0 Å². The lowest BCUT2D eigenvalue weighted by molar-refractivity contribution is 0.457. The Balaban J connectivity index is 2.01. The molecule has 3 rings (SSSR count). The van der Waals surface area contributed by atoms with Crippen molar-refractivity contribution in [2.24, 2.45) is 0 Å². The lowest BCUT2D eigenvalue weighted by atomic mass is 10.3. The molecule has 0 saturated heterocycles. The normalized spacial score (nSPS) is 11.2. The third-order valence-corrected chi connectivity index (χ3v) is 4.06. The summed E-state index contributed by atoms with van der Waals surface area (Å²) in [5.74, 6) is 1.09. The summed E-state index contributed by atoms with van der Waals surface area (Å²) in [6.07, 6.45) is 1.97. The van der Waals surface area contributed by atoms with Gasteiger partial charge >= 0.3 is 0 Å². The van der Waals surface area contributed by atoms with Gasteiger partial charge in [0.15, 0.2) is 4.96 Å². The molecule has 0 aliphatic heterocycles. The molecule has 3 aromatic rings. The molecule has 0 amide bonds. The van der Waals surface area contributed by atoms with Gasteiger partial charge in [-0.3, -0.25) is 4.40 Å². The number of rotatable bonds is 4. The van der Waals surface area contributed by atoms with Crippen LogP contribution in [-0.2, 0) is 6.54 Å². The van der Waals surface area contributed by atoms with E-state index in [1.165, 1.54) is 0 Å². The molecule has 0 saturated carbocycles. The second-order valence-electron chi connectivity index (χ2n) is 4.13. The van der Waals surface area contributed by atoms with Crippen molar-refractivity contribution >= 4 is 39.5 Å². The van der Waals surface area contributed by atoms with E-state index in [4.69, 9.17) is 27.9 Å². The number of hydrogen-bond donors (Lipinski definition) is 1. The van der Waals surface area contributed by atoms with Gasteiger partial charge in [-0.2, -0.15) is 4.98 Å². The van der Waals surface area contributed by atoms with Crippen LogP contribution in [0, 0.1) is 0 Å². The molecular weight excluding hydrogens is 317 g/mol. The number of fused-ring (bicyclic) bond motifs is 1. The van der Waals surface area contributed by atoms with Crippen molar-refractivity contribution in [3.63, 3.8) is 0 Å². The van der Waals surface area contributed by atoms with E-state index in [1.807, 2.05) is 23.0 Å². The van der Waals surface area contributed by atoms with Crippen molar-refractivity contribution in [2.45, 2.75) is 6.54 Å². The summed E-state index contributed by atoms with van der Waals surface area (Å²) in [4.78, 5) is 5.36. The zero-order valence-corrected chi connectivity index (χ0v) is 12.9. The lowest BCUT2D eigenvalue weighted by Crippen LogP contribution is -2.08. The first-order chi connectivity index (χ1) is 9.69. The fraction of sp³-hybridized carbons (Fsp3) is 0.154. The van der Waals surface area contributed by atoms with E-state index >= 15 is 0 Å². The zero-order chi connectivity index (χ0) is 14.1. The number of thiazole rings is 1. The molecule has 0 spiro atoms. The van der Waals surface area contributed by atoms with E-state index < -0.39 is 0 Å². The van der Waals surface area contributed by atoms with Crippen LogP contribution in [0.25, 0.3) is 4.96 Å². The van der Waals surface area contributed by atoms with Crippen LogP contribution in [0.5, 0.6) is 11.6 Å². The predicted octanol–water partition coefficient (Wildman–Crippen LogP) is 4.21. The van der Waals surface area contributed by atoms with Gasteiger partial charge in [0.05, 0.1) is 5.02 Å². The Labute approximate surface area is 129 Å². The molecule has 2 heterocycles. The fourth-order valence-electron chi connectivity index (χ4n) is 1.88. The van der Waals surface area contributed by atoms with Crippen molar-refractivity contribution in [1.82, 2.24) is 14.7 Å². The van der Waals surface area contributed by atoms with E-state index in [1.54, 1.807) is 29.5 Å². The molecule has 0 aliphatic rings. The number of imidazole rings is 1. The molecule has 104 valence electrons. The Morgan fingerprint density at radius 3 is 3.00 bits per heavy atom. The third-order valence-electron chi connectivity index (χ3n) is 2.77. The monoisotopic (exact) mass is 327 g/mol. The number of nitrogens with one attached hydrogen (secondary N) is 1. The van der Waals surface area contributed by atoms with Gasteiger partial charge in [-0.05, 0) is 25.2 Å². The minimum atomic E-state index is 0.462. The van der Waals surface area contributed by atoms with Crippen LogP contribution in [0.1, 0.15) is 5.69 Å². The van der Waals surface area contributed by atoms with Crippen LogP contribution in [0.4, 0.5) is 0 Å². The summed E-state index contributed by atoms with van der Waals surface area (Å²) in [6, 6.07) is 5.12. The Kier molecular flexibility index (Phi) is 3.85. The molecule has 1 aromatic carbocycles. The maximum Gasteiger partial charge on any atom is 0.243 e. The van der Waals surface area contributed by atoms with E-state index in [-0.39, 0.29) is 0 Å². The predicted molar refractivity (Wildman–Crippen MR) is 82.4 cm³/mol. The molecule has 0 aliphatic carbocycles. The molecular formula is C13H11Cl2N3OS. The van der Waals surface area contributed by atoms with E-state index in [9.17, 15) is 0 Å². The average Bonchev–Trinajstić information content (AvgIpc) is 2.96. The van der Waals surface area contributed by atoms with Crippen molar-refractivity contribution in [3.8, 4) is 11.6 Å². The van der Waals surface area contributed by atoms with E-state index in [0.717, 1.165) is 10.7 Å². The summed E-state index contributed by atoms with van der Waals surface area (Å²) in [5, 5.41) is 6.13. The Morgan fingerprint density at radius 1 is 1.40 bits per heavy atom. The summed E-state index contributed by atoms with van der Waals surface area (Å²) >= 11 is 13.6. The van der Waals surface area contributed by atoms with Crippen LogP contribution in [-0.4, -0.2) is 16.4 Å². The van der Waals surface area contributed by atoms with Gasteiger partial charge in [0.1, 0.15) is 11.4 Å². The molecule has 4 nitrogen and oxygen atoms in total. The highest BCUT2D eigenvalue weighted by molar-refractivity contribution is 7.15. The highest BCUT2D eigenvalue weighted by atomic mass is 35.5. The van der Waals surface area contributed by atoms with Gasteiger partial charge in [-0.25, -0.2) is 0 Å². The van der Waals surface area contributed by atoms with E-state index in [0.29, 0.717) is 28.2 Å². The van der Waals surface area contributed by atoms with Crippen LogP contribution in [0.15, 0.2) is 29.8 Å². The first-order valence-corrected chi connectivity index (χ1v) is 7.54. The molecule has 2 aromatic heterocycles. The van der Waals surface area contributed by atoms with Gasteiger partial charge in [-0.15, -0.1) is 11.3 Å². The number of benzene rings is 1. The third kappa shape index (κ3) is 2.50. The Bertz CT molecular complexity index is 753. The second-order valence-corrected chi connectivity index (χ2v) is 5.84. The Morgan fingerprint density at radius 2 is 2.25 bits per heavy atom. The summed E-state index contributed by atoms with van der Waals surface area (Å²) in [7, 11) is 1.88. The average molecular weight is 328 g/mol.